The van der Waals surface area contributed by atoms with Crippen molar-refractivity contribution in [2.24, 2.45) is 0 Å². The van der Waals surface area contributed by atoms with Crippen LogP contribution in [-0.4, -0.2) is 68.9 Å². The van der Waals surface area contributed by atoms with Crippen LogP contribution in [0.5, 0.6) is 0 Å². The molecule has 19 heavy (non-hydrogen) atoms. The van der Waals surface area contributed by atoms with Crippen molar-refractivity contribution in [3.63, 3.8) is 0 Å². The lowest BCUT2D eigenvalue weighted by Crippen LogP contribution is -2.64. The summed E-state index contributed by atoms with van der Waals surface area (Å²) in [6.45, 7) is 4.36. The molecule has 0 radical (unpaired) electrons. The van der Waals surface area contributed by atoms with E-state index in [1.54, 1.807) is 0 Å². The summed E-state index contributed by atoms with van der Waals surface area (Å²) in [5, 5.41) is 39.0. The van der Waals surface area contributed by atoms with E-state index in [1.807, 2.05) is 4.90 Å². The van der Waals surface area contributed by atoms with Gasteiger partial charge in [0.1, 0.15) is 12.2 Å². The van der Waals surface area contributed by atoms with Crippen LogP contribution in [0.15, 0.2) is 0 Å². The Kier molecular flexibility index (Phi) is 7.25. The Bertz CT molecular complexity index is 252. The molecule has 0 aromatic rings. The summed E-state index contributed by atoms with van der Waals surface area (Å²) in [5.74, 6) is 0. The van der Waals surface area contributed by atoms with Gasteiger partial charge in [0.15, 0.2) is 0 Å². The predicted molar refractivity (Wildman–Crippen MR) is 73.8 cm³/mol. The second kappa shape index (κ2) is 8.17. The first-order valence-corrected chi connectivity index (χ1v) is 7.47. The fourth-order valence-electron chi connectivity index (χ4n) is 2.99. The van der Waals surface area contributed by atoms with Crippen molar-refractivity contribution in [2.45, 2.75) is 76.3 Å². The molecule has 0 aromatic heterocycles. The minimum Gasteiger partial charge on any atom is -0.395 e. The lowest BCUT2D eigenvalue weighted by Gasteiger charge is -2.47. The van der Waals surface area contributed by atoms with Gasteiger partial charge in [-0.1, -0.05) is 33.1 Å². The number of aliphatic hydroxyl groups excluding tert-OH is 4. The zero-order chi connectivity index (χ0) is 14.4. The number of aliphatic hydroxyl groups is 4. The van der Waals surface area contributed by atoms with Crippen molar-refractivity contribution in [3.8, 4) is 0 Å². The number of likely N-dealkylation sites (tertiary alicyclic amines) is 1. The molecular weight excluding hydrogens is 246 g/mol. The minimum atomic E-state index is -1.16. The maximum absolute atomic E-state index is 10.0. The average Bonchev–Trinajstić information content (AvgIpc) is 2.40. The van der Waals surface area contributed by atoms with E-state index in [-0.39, 0.29) is 12.6 Å². The summed E-state index contributed by atoms with van der Waals surface area (Å²) >= 11 is 0. The Morgan fingerprint density at radius 1 is 1.05 bits per heavy atom. The highest BCUT2D eigenvalue weighted by molar-refractivity contribution is 4.96. The van der Waals surface area contributed by atoms with Gasteiger partial charge in [0, 0.05) is 12.6 Å². The standard InChI is InChI=1S/C14H29NO4/c1-3-5-7-10(6-4-2)15-8-12(17)14(19)13(18)11(15)9-16/h10-14,16-19H,3-9H2,1-2H3/t10?,11-,12+,13-,14-/m1/s1. The molecule has 0 aromatic carbocycles. The summed E-state index contributed by atoms with van der Waals surface area (Å²) in [6.07, 6.45) is 2.00. The van der Waals surface area contributed by atoms with E-state index in [0.29, 0.717) is 6.54 Å². The molecule has 0 bridgehead atoms. The number of hydrogen-bond acceptors (Lipinski definition) is 5. The Hall–Kier alpha value is -0.200. The van der Waals surface area contributed by atoms with Gasteiger partial charge in [0.25, 0.3) is 0 Å². The molecule has 0 saturated carbocycles. The number of hydrogen-bond donors (Lipinski definition) is 4. The van der Waals surface area contributed by atoms with E-state index < -0.39 is 24.4 Å². The highest BCUT2D eigenvalue weighted by Gasteiger charge is 2.43. The first-order valence-electron chi connectivity index (χ1n) is 7.47. The van der Waals surface area contributed by atoms with Crippen molar-refractivity contribution < 1.29 is 20.4 Å². The van der Waals surface area contributed by atoms with E-state index >= 15 is 0 Å². The Balaban J connectivity index is 2.79. The molecule has 1 rings (SSSR count). The van der Waals surface area contributed by atoms with E-state index in [4.69, 9.17) is 0 Å². The van der Waals surface area contributed by atoms with Crippen LogP contribution in [0.2, 0.25) is 0 Å². The van der Waals surface area contributed by atoms with E-state index in [1.165, 1.54) is 0 Å². The third-order valence-electron chi connectivity index (χ3n) is 4.13. The fraction of sp³-hybridized carbons (Fsp3) is 1.00. The maximum Gasteiger partial charge on any atom is 0.109 e. The van der Waals surface area contributed by atoms with Crippen molar-refractivity contribution in [1.29, 1.82) is 0 Å². The Morgan fingerprint density at radius 2 is 1.74 bits per heavy atom. The van der Waals surface area contributed by atoms with Crippen LogP contribution >= 0.6 is 0 Å². The first-order chi connectivity index (χ1) is 9.06. The SMILES string of the molecule is CCCCC(CCC)N1C[C@H](O)[C@@H](O)[C@H](O)[C@H]1CO. The molecule has 5 atom stereocenters. The number of unbranched alkanes of at least 4 members (excludes halogenated alkanes) is 1. The van der Waals surface area contributed by atoms with Gasteiger partial charge >= 0.3 is 0 Å². The second-order valence-electron chi connectivity index (χ2n) is 5.58. The number of rotatable bonds is 7. The zero-order valence-electron chi connectivity index (χ0n) is 12.1. The van der Waals surface area contributed by atoms with E-state index in [0.717, 1.165) is 32.1 Å². The lowest BCUT2D eigenvalue weighted by molar-refractivity contribution is -0.155. The summed E-state index contributed by atoms with van der Waals surface area (Å²) in [4.78, 5) is 1.99. The molecule has 114 valence electrons. The minimum absolute atomic E-state index is 0.197. The van der Waals surface area contributed by atoms with Crippen LogP contribution in [-0.2, 0) is 0 Å². The molecule has 1 aliphatic rings. The second-order valence-corrected chi connectivity index (χ2v) is 5.58. The highest BCUT2D eigenvalue weighted by atomic mass is 16.4. The van der Waals surface area contributed by atoms with Crippen LogP contribution in [0.25, 0.3) is 0 Å². The van der Waals surface area contributed by atoms with E-state index in [9.17, 15) is 20.4 Å². The fourth-order valence-corrected chi connectivity index (χ4v) is 2.99. The van der Waals surface area contributed by atoms with Gasteiger partial charge in [-0.05, 0) is 12.8 Å². The van der Waals surface area contributed by atoms with Gasteiger partial charge in [-0.25, -0.2) is 0 Å². The third-order valence-corrected chi connectivity index (χ3v) is 4.13. The number of piperidine rings is 1. The molecule has 5 heteroatoms. The first kappa shape index (κ1) is 16.9. The Labute approximate surface area is 115 Å². The summed E-state index contributed by atoms with van der Waals surface area (Å²) in [5.41, 5.74) is 0. The van der Waals surface area contributed by atoms with Crippen LogP contribution in [0.1, 0.15) is 46.0 Å². The van der Waals surface area contributed by atoms with Gasteiger partial charge in [-0.2, -0.15) is 0 Å². The average molecular weight is 275 g/mol. The van der Waals surface area contributed by atoms with Crippen LogP contribution < -0.4 is 0 Å². The lowest BCUT2D eigenvalue weighted by atomic mass is 9.90. The quantitative estimate of drug-likeness (QED) is 0.530. The smallest absolute Gasteiger partial charge is 0.109 e. The molecule has 1 aliphatic heterocycles. The van der Waals surface area contributed by atoms with Gasteiger partial charge < -0.3 is 20.4 Å². The molecule has 1 unspecified atom stereocenters. The number of β-amino-alcohol motifs (C(OH)–C–C–N with tert-alkyl or cyclic N) is 1. The molecule has 1 heterocycles. The summed E-state index contributed by atoms with van der Waals surface area (Å²) in [6, 6.07) is -0.231. The Morgan fingerprint density at radius 3 is 2.26 bits per heavy atom. The molecule has 1 saturated heterocycles. The van der Waals surface area contributed by atoms with Crippen LogP contribution in [0.4, 0.5) is 0 Å². The molecular formula is C14H29NO4. The van der Waals surface area contributed by atoms with E-state index in [2.05, 4.69) is 13.8 Å². The number of nitrogens with zero attached hydrogens (tertiary/aromatic N) is 1. The third kappa shape index (κ3) is 4.13. The molecule has 4 N–H and O–H groups in total. The van der Waals surface area contributed by atoms with Crippen molar-refractivity contribution in [2.75, 3.05) is 13.2 Å². The maximum atomic E-state index is 10.0. The normalized spacial score (nSPS) is 34.4. The molecule has 0 spiro atoms. The van der Waals surface area contributed by atoms with Crippen molar-refractivity contribution in [1.82, 2.24) is 4.90 Å². The molecule has 0 aliphatic carbocycles. The largest absolute Gasteiger partial charge is 0.395 e. The van der Waals surface area contributed by atoms with Crippen LogP contribution in [0.3, 0.4) is 0 Å². The summed E-state index contributed by atoms with van der Waals surface area (Å²) < 4.78 is 0. The van der Waals surface area contributed by atoms with Crippen LogP contribution in [0, 0.1) is 0 Å². The highest BCUT2D eigenvalue weighted by Crippen LogP contribution is 2.25. The van der Waals surface area contributed by atoms with Gasteiger partial charge in [0.2, 0.25) is 0 Å². The predicted octanol–water partition coefficient (Wildman–Crippen LogP) is 0.104. The zero-order valence-corrected chi connectivity index (χ0v) is 12.1. The van der Waals surface area contributed by atoms with Gasteiger partial charge in [0.05, 0.1) is 18.8 Å². The van der Waals surface area contributed by atoms with Crippen molar-refractivity contribution >= 4 is 0 Å². The van der Waals surface area contributed by atoms with Gasteiger partial charge in [-0.15, -0.1) is 0 Å². The van der Waals surface area contributed by atoms with Gasteiger partial charge in [-0.3, -0.25) is 4.90 Å². The topological polar surface area (TPSA) is 84.2 Å². The monoisotopic (exact) mass is 275 g/mol. The van der Waals surface area contributed by atoms with Crippen molar-refractivity contribution in [3.05, 3.63) is 0 Å². The molecule has 0 amide bonds. The molecule has 1 fully saturated rings. The molecule has 5 nitrogen and oxygen atoms in total. The summed E-state index contributed by atoms with van der Waals surface area (Å²) in [7, 11) is 0.